The molecule has 0 aromatic heterocycles. The number of piperazine rings is 1. The molecule has 0 spiro atoms. The molecule has 20 heavy (non-hydrogen) atoms. The summed E-state index contributed by atoms with van der Waals surface area (Å²) in [7, 11) is 0. The fourth-order valence-electron chi connectivity index (χ4n) is 2.44. The van der Waals surface area contributed by atoms with E-state index in [1.807, 2.05) is 4.90 Å². The van der Waals surface area contributed by atoms with Crippen molar-refractivity contribution in [1.29, 1.82) is 0 Å². The van der Waals surface area contributed by atoms with E-state index in [4.69, 9.17) is 5.73 Å². The van der Waals surface area contributed by atoms with E-state index >= 15 is 0 Å². The number of unbranched alkanes of at least 4 members (excludes halogenated alkanes) is 1. The van der Waals surface area contributed by atoms with Crippen LogP contribution in [0, 0.1) is 5.82 Å². The molecule has 1 heterocycles. The summed E-state index contributed by atoms with van der Waals surface area (Å²) in [5, 5.41) is 0. The second-order valence-electron chi connectivity index (χ2n) is 5.09. The van der Waals surface area contributed by atoms with Crippen molar-refractivity contribution in [3.05, 3.63) is 30.1 Å². The van der Waals surface area contributed by atoms with Crippen LogP contribution in [0.25, 0.3) is 0 Å². The molecule has 1 aromatic carbocycles. The van der Waals surface area contributed by atoms with Gasteiger partial charge in [0.1, 0.15) is 5.82 Å². The maximum Gasteiger partial charge on any atom is 0.222 e. The minimum Gasteiger partial charge on any atom is -0.368 e. The molecule has 0 bridgehead atoms. The molecule has 1 aromatic rings. The fraction of sp³-hybridized carbons (Fsp3) is 0.533. The van der Waals surface area contributed by atoms with Crippen LogP contribution < -0.4 is 10.6 Å². The highest BCUT2D eigenvalue weighted by Crippen LogP contribution is 2.17. The van der Waals surface area contributed by atoms with Crippen LogP contribution in [0.4, 0.5) is 10.1 Å². The maximum absolute atomic E-state index is 12.9. The third-order valence-corrected chi connectivity index (χ3v) is 3.67. The van der Waals surface area contributed by atoms with Crippen LogP contribution in [-0.2, 0) is 4.79 Å². The second-order valence-corrected chi connectivity index (χ2v) is 5.09. The lowest BCUT2D eigenvalue weighted by Crippen LogP contribution is -2.48. The van der Waals surface area contributed by atoms with Crippen LogP contribution in [0.15, 0.2) is 24.3 Å². The summed E-state index contributed by atoms with van der Waals surface area (Å²) >= 11 is 0. The summed E-state index contributed by atoms with van der Waals surface area (Å²) in [6, 6.07) is 6.52. The van der Waals surface area contributed by atoms with E-state index in [0.29, 0.717) is 13.0 Å². The number of nitrogens with two attached hydrogens (primary N) is 1. The van der Waals surface area contributed by atoms with Gasteiger partial charge in [-0.3, -0.25) is 4.79 Å². The van der Waals surface area contributed by atoms with E-state index in [1.54, 1.807) is 12.1 Å². The molecule has 2 rings (SSSR count). The molecule has 1 amide bonds. The summed E-state index contributed by atoms with van der Waals surface area (Å²) in [6.07, 6.45) is 2.36. The van der Waals surface area contributed by atoms with Crippen LogP contribution in [0.5, 0.6) is 0 Å². The number of carbonyl (C=O) groups is 1. The van der Waals surface area contributed by atoms with E-state index < -0.39 is 0 Å². The molecule has 0 saturated carbocycles. The number of rotatable bonds is 5. The summed E-state index contributed by atoms with van der Waals surface area (Å²) in [5.74, 6) is -0.000302. The van der Waals surface area contributed by atoms with Crippen molar-refractivity contribution in [2.45, 2.75) is 19.3 Å². The molecule has 0 unspecified atom stereocenters. The second kappa shape index (κ2) is 7.24. The van der Waals surface area contributed by atoms with E-state index in [9.17, 15) is 9.18 Å². The van der Waals surface area contributed by atoms with Crippen molar-refractivity contribution in [2.75, 3.05) is 37.6 Å². The SMILES string of the molecule is NCCCCC(=O)N1CCN(c2ccc(F)cc2)CC1. The smallest absolute Gasteiger partial charge is 0.222 e. The van der Waals surface area contributed by atoms with Gasteiger partial charge in [-0.15, -0.1) is 0 Å². The van der Waals surface area contributed by atoms with Crippen molar-refractivity contribution in [2.24, 2.45) is 5.73 Å². The van der Waals surface area contributed by atoms with Gasteiger partial charge in [0.15, 0.2) is 0 Å². The number of benzene rings is 1. The molecule has 1 saturated heterocycles. The zero-order valence-electron chi connectivity index (χ0n) is 11.7. The quantitative estimate of drug-likeness (QED) is 0.833. The first-order chi connectivity index (χ1) is 9.70. The number of carbonyl (C=O) groups excluding carboxylic acids is 1. The third-order valence-electron chi connectivity index (χ3n) is 3.67. The highest BCUT2D eigenvalue weighted by atomic mass is 19.1. The number of hydrogen-bond acceptors (Lipinski definition) is 3. The highest BCUT2D eigenvalue weighted by Gasteiger charge is 2.20. The van der Waals surface area contributed by atoms with Gasteiger partial charge < -0.3 is 15.5 Å². The molecule has 0 radical (unpaired) electrons. The van der Waals surface area contributed by atoms with Gasteiger partial charge in [-0.25, -0.2) is 4.39 Å². The van der Waals surface area contributed by atoms with E-state index in [2.05, 4.69) is 4.90 Å². The van der Waals surface area contributed by atoms with Gasteiger partial charge in [0.25, 0.3) is 0 Å². The number of anilines is 1. The molecule has 1 aliphatic rings. The predicted molar refractivity (Wildman–Crippen MR) is 78.1 cm³/mol. The van der Waals surface area contributed by atoms with Crippen molar-refractivity contribution in [3.63, 3.8) is 0 Å². The largest absolute Gasteiger partial charge is 0.368 e. The van der Waals surface area contributed by atoms with Crippen molar-refractivity contribution in [3.8, 4) is 0 Å². The molecular weight excluding hydrogens is 257 g/mol. The first kappa shape index (κ1) is 14.8. The zero-order chi connectivity index (χ0) is 14.4. The molecule has 1 aliphatic heterocycles. The number of amides is 1. The predicted octanol–water partition coefficient (Wildman–Crippen LogP) is 1.60. The van der Waals surface area contributed by atoms with Crippen LogP contribution >= 0.6 is 0 Å². The Morgan fingerprint density at radius 2 is 1.75 bits per heavy atom. The fourth-order valence-corrected chi connectivity index (χ4v) is 2.44. The Bertz CT molecular complexity index is 427. The minimum atomic E-state index is -0.220. The Balaban J connectivity index is 1.80. The first-order valence-electron chi connectivity index (χ1n) is 7.19. The van der Waals surface area contributed by atoms with Gasteiger partial charge in [-0.05, 0) is 43.7 Å². The lowest BCUT2D eigenvalue weighted by Gasteiger charge is -2.36. The van der Waals surface area contributed by atoms with Gasteiger partial charge in [0, 0.05) is 38.3 Å². The Hall–Kier alpha value is -1.62. The molecule has 110 valence electrons. The lowest BCUT2D eigenvalue weighted by atomic mass is 10.2. The Labute approximate surface area is 119 Å². The van der Waals surface area contributed by atoms with E-state index in [0.717, 1.165) is 44.7 Å². The molecule has 2 N–H and O–H groups in total. The van der Waals surface area contributed by atoms with Gasteiger partial charge >= 0.3 is 0 Å². The maximum atomic E-state index is 12.9. The van der Waals surface area contributed by atoms with Crippen LogP contribution in [0.2, 0.25) is 0 Å². The Kier molecular flexibility index (Phi) is 5.35. The molecule has 5 heteroatoms. The van der Waals surface area contributed by atoms with Gasteiger partial charge in [-0.1, -0.05) is 0 Å². The van der Waals surface area contributed by atoms with Crippen LogP contribution in [-0.4, -0.2) is 43.5 Å². The average Bonchev–Trinajstić information content (AvgIpc) is 2.48. The molecular formula is C15H22FN3O. The highest BCUT2D eigenvalue weighted by molar-refractivity contribution is 5.76. The van der Waals surface area contributed by atoms with Crippen molar-refractivity contribution in [1.82, 2.24) is 4.90 Å². The van der Waals surface area contributed by atoms with Crippen LogP contribution in [0.3, 0.4) is 0 Å². The topological polar surface area (TPSA) is 49.6 Å². The Morgan fingerprint density at radius 3 is 2.35 bits per heavy atom. The minimum absolute atomic E-state index is 0.220. The van der Waals surface area contributed by atoms with Crippen LogP contribution in [0.1, 0.15) is 19.3 Å². The summed E-state index contributed by atoms with van der Waals surface area (Å²) in [5.41, 5.74) is 6.44. The summed E-state index contributed by atoms with van der Waals surface area (Å²) in [4.78, 5) is 16.1. The normalized spacial score (nSPS) is 15.5. The first-order valence-corrected chi connectivity index (χ1v) is 7.19. The third kappa shape index (κ3) is 3.93. The van der Waals surface area contributed by atoms with E-state index in [1.165, 1.54) is 12.1 Å². The summed E-state index contributed by atoms with van der Waals surface area (Å²) < 4.78 is 12.9. The van der Waals surface area contributed by atoms with Crippen molar-refractivity contribution >= 4 is 11.6 Å². The van der Waals surface area contributed by atoms with Gasteiger partial charge in [0.2, 0.25) is 5.91 Å². The monoisotopic (exact) mass is 279 g/mol. The molecule has 0 aliphatic carbocycles. The number of nitrogens with zero attached hydrogens (tertiary/aromatic N) is 2. The lowest BCUT2D eigenvalue weighted by molar-refractivity contribution is -0.131. The molecule has 1 fully saturated rings. The van der Waals surface area contributed by atoms with E-state index in [-0.39, 0.29) is 11.7 Å². The molecule has 4 nitrogen and oxygen atoms in total. The Morgan fingerprint density at radius 1 is 1.10 bits per heavy atom. The summed E-state index contributed by atoms with van der Waals surface area (Å²) in [6.45, 7) is 3.71. The standard InChI is InChI=1S/C15H22FN3O/c16-13-4-6-14(7-5-13)18-9-11-19(12-10-18)15(20)3-1-2-8-17/h4-7H,1-3,8-12,17H2. The number of halogens is 1. The van der Waals surface area contributed by atoms with Gasteiger partial charge in [0.05, 0.1) is 0 Å². The van der Waals surface area contributed by atoms with Crippen molar-refractivity contribution < 1.29 is 9.18 Å². The number of hydrogen-bond donors (Lipinski definition) is 1. The zero-order valence-corrected chi connectivity index (χ0v) is 11.7. The molecule has 0 atom stereocenters. The average molecular weight is 279 g/mol. The van der Waals surface area contributed by atoms with Gasteiger partial charge in [-0.2, -0.15) is 0 Å².